The van der Waals surface area contributed by atoms with Gasteiger partial charge in [0.15, 0.2) is 0 Å². The van der Waals surface area contributed by atoms with Gasteiger partial charge in [-0.1, -0.05) is 0 Å². The molecule has 9 heteroatoms. The van der Waals surface area contributed by atoms with Crippen LogP contribution in [0.4, 0.5) is 13.2 Å². The summed E-state index contributed by atoms with van der Waals surface area (Å²) in [7, 11) is 0. The summed E-state index contributed by atoms with van der Waals surface area (Å²) in [5, 5.41) is 10.6. The van der Waals surface area contributed by atoms with Gasteiger partial charge in [0, 0.05) is 5.39 Å². The van der Waals surface area contributed by atoms with E-state index in [1.54, 1.807) is 0 Å². The Morgan fingerprint density at radius 3 is 2.48 bits per heavy atom. The second-order valence-corrected chi connectivity index (χ2v) is 3.95. The summed E-state index contributed by atoms with van der Waals surface area (Å²) in [6, 6.07) is 4.28. The summed E-state index contributed by atoms with van der Waals surface area (Å²) in [6.45, 7) is -0.221. The summed E-state index contributed by atoms with van der Waals surface area (Å²) >= 11 is 0. The molecule has 0 atom stereocenters. The summed E-state index contributed by atoms with van der Waals surface area (Å²) in [5.74, 6) is -2.71. The molecule has 0 unspecified atom stereocenters. The van der Waals surface area contributed by atoms with Gasteiger partial charge in [0.05, 0.1) is 12.1 Å². The third-order valence-corrected chi connectivity index (χ3v) is 2.51. The number of amides is 1. The number of alkyl halides is 3. The molecule has 5 nitrogen and oxygen atoms in total. The molecule has 1 aromatic heterocycles. The first-order valence-electron chi connectivity index (χ1n) is 5.38. The van der Waals surface area contributed by atoms with Crippen molar-refractivity contribution in [2.45, 2.75) is 12.7 Å². The molecule has 0 spiro atoms. The zero-order valence-corrected chi connectivity index (χ0v) is 9.82. The molecule has 2 aromatic rings. The molecule has 0 aliphatic heterocycles. The Morgan fingerprint density at radius 1 is 1.24 bits per heavy atom. The monoisotopic (exact) mass is 295 g/mol. The van der Waals surface area contributed by atoms with Crippen molar-refractivity contribution in [3.05, 3.63) is 35.6 Å². The molecule has 0 saturated carbocycles. The summed E-state index contributed by atoms with van der Waals surface area (Å²) < 4.78 is 42.7. The van der Waals surface area contributed by atoms with Gasteiger partial charge in [-0.25, -0.2) is 4.79 Å². The molecule has 21 heavy (non-hydrogen) atoms. The molecular formula is C12H9F3LiNO4. The number of fused-ring (bicyclic) bond motifs is 1. The first-order valence-corrected chi connectivity index (χ1v) is 5.38. The van der Waals surface area contributed by atoms with Gasteiger partial charge in [-0.15, -0.1) is 0 Å². The zero-order chi connectivity index (χ0) is 14.9. The van der Waals surface area contributed by atoms with E-state index in [9.17, 15) is 22.8 Å². The number of furan rings is 1. The number of carbonyl (C=O) groups is 2. The van der Waals surface area contributed by atoms with E-state index >= 15 is 0 Å². The van der Waals surface area contributed by atoms with Gasteiger partial charge in [-0.2, -0.15) is 13.2 Å². The normalized spacial score (nSPS) is 11.0. The fraction of sp³-hybridized carbons (Fsp3) is 0.167. The van der Waals surface area contributed by atoms with Crippen molar-refractivity contribution in [3.63, 3.8) is 0 Å². The second-order valence-electron chi connectivity index (χ2n) is 3.95. The Bertz CT molecular complexity index is 681. The molecule has 0 radical (unpaired) electrons. The number of halogens is 3. The van der Waals surface area contributed by atoms with Crippen molar-refractivity contribution < 1.29 is 32.3 Å². The van der Waals surface area contributed by atoms with Gasteiger partial charge in [-0.05, 0) is 24.3 Å². The van der Waals surface area contributed by atoms with Crippen LogP contribution in [0.3, 0.4) is 0 Å². The van der Waals surface area contributed by atoms with Gasteiger partial charge in [-0.3, -0.25) is 4.79 Å². The van der Waals surface area contributed by atoms with E-state index in [0.29, 0.717) is 0 Å². The second kappa shape index (κ2) is 6.24. The standard InChI is InChI=1S/C12H8F3NO4.Li.H/c13-12(14,15)7-1-2-9-6(3-7)4-8(20-9)5-16-10(17)11(18)19;;/h1-4H,5H2,(H,16,17)(H,18,19);;. The van der Waals surface area contributed by atoms with Gasteiger partial charge < -0.3 is 14.8 Å². The number of rotatable bonds is 2. The van der Waals surface area contributed by atoms with E-state index in [2.05, 4.69) is 0 Å². The number of nitrogens with one attached hydrogen (secondary N) is 1. The Kier molecular flexibility index (Phi) is 5.09. The van der Waals surface area contributed by atoms with E-state index in [1.165, 1.54) is 12.1 Å². The predicted octanol–water partition coefficient (Wildman–Crippen LogP) is 1.50. The third kappa shape index (κ3) is 4.03. The fourth-order valence-corrected chi connectivity index (χ4v) is 1.60. The zero-order valence-electron chi connectivity index (χ0n) is 9.82. The van der Waals surface area contributed by atoms with Crippen LogP contribution in [0.15, 0.2) is 28.7 Å². The number of hydrogen-bond acceptors (Lipinski definition) is 3. The first kappa shape index (κ1) is 17.1. The number of aliphatic carboxylic acids is 1. The van der Waals surface area contributed by atoms with E-state index < -0.39 is 23.6 Å². The number of hydrogen-bond donors (Lipinski definition) is 2. The minimum atomic E-state index is -4.46. The van der Waals surface area contributed by atoms with E-state index in [0.717, 1.165) is 12.1 Å². The minimum absolute atomic E-state index is 0. The number of benzene rings is 1. The molecule has 2 N–H and O–H groups in total. The number of carbonyl (C=O) groups excluding carboxylic acids is 1. The van der Waals surface area contributed by atoms with E-state index in [-0.39, 0.29) is 42.1 Å². The van der Waals surface area contributed by atoms with Crippen LogP contribution in [-0.2, 0) is 22.3 Å². The van der Waals surface area contributed by atoms with Gasteiger partial charge >= 0.3 is 36.9 Å². The molecular weight excluding hydrogens is 286 g/mol. The molecule has 0 bridgehead atoms. The van der Waals surface area contributed by atoms with Crippen LogP contribution in [-0.4, -0.2) is 35.8 Å². The van der Waals surface area contributed by atoms with Crippen LogP contribution in [0.25, 0.3) is 11.0 Å². The van der Waals surface area contributed by atoms with Gasteiger partial charge in [0.25, 0.3) is 0 Å². The molecule has 1 aromatic carbocycles. The quantitative estimate of drug-likeness (QED) is 0.650. The Labute approximate surface area is 128 Å². The molecule has 0 aliphatic rings. The van der Waals surface area contributed by atoms with Crippen LogP contribution in [0, 0.1) is 0 Å². The van der Waals surface area contributed by atoms with Crippen LogP contribution in [0.1, 0.15) is 11.3 Å². The summed E-state index contributed by atoms with van der Waals surface area (Å²) in [5.41, 5.74) is -0.593. The molecule has 0 aliphatic carbocycles. The third-order valence-electron chi connectivity index (χ3n) is 2.51. The van der Waals surface area contributed by atoms with Crippen LogP contribution < -0.4 is 5.32 Å². The Hall–Kier alpha value is -1.91. The average molecular weight is 295 g/mol. The molecule has 0 saturated heterocycles. The first-order chi connectivity index (χ1) is 9.27. The summed E-state index contributed by atoms with van der Waals surface area (Å²) in [4.78, 5) is 21.1. The maximum atomic E-state index is 12.5. The van der Waals surface area contributed by atoms with E-state index in [1.807, 2.05) is 5.32 Å². The van der Waals surface area contributed by atoms with Crippen molar-refractivity contribution in [1.82, 2.24) is 5.32 Å². The Balaban J connectivity index is 0.00000220. The molecule has 1 heterocycles. The maximum absolute atomic E-state index is 12.5. The van der Waals surface area contributed by atoms with Crippen molar-refractivity contribution in [3.8, 4) is 0 Å². The molecule has 0 fully saturated rings. The summed E-state index contributed by atoms with van der Waals surface area (Å²) in [6.07, 6.45) is -4.46. The van der Waals surface area contributed by atoms with Crippen molar-refractivity contribution in [2.75, 3.05) is 0 Å². The SMILES string of the molecule is O=C(O)C(=O)NCc1cc2cc(C(F)(F)F)ccc2o1.[LiH]. The van der Waals surface area contributed by atoms with Gasteiger partial charge in [0.1, 0.15) is 11.3 Å². The van der Waals surface area contributed by atoms with Crippen molar-refractivity contribution in [1.29, 1.82) is 0 Å². The van der Waals surface area contributed by atoms with Crippen LogP contribution in [0.5, 0.6) is 0 Å². The van der Waals surface area contributed by atoms with Gasteiger partial charge in [0.2, 0.25) is 0 Å². The van der Waals surface area contributed by atoms with Crippen LogP contribution >= 0.6 is 0 Å². The number of carboxylic acids is 1. The van der Waals surface area contributed by atoms with Crippen LogP contribution in [0.2, 0.25) is 0 Å². The fourth-order valence-electron chi connectivity index (χ4n) is 1.60. The predicted molar refractivity (Wildman–Crippen MR) is 67.8 cm³/mol. The van der Waals surface area contributed by atoms with Crippen molar-refractivity contribution >= 4 is 41.7 Å². The molecule has 108 valence electrons. The Morgan fingerprint density at radius 2 is 1.90 bits per heavy atom. The average Bonchev–Trinajstić information content (AvgIpc) is 2.76. The molecule has 2 rings (SSSR count). The number of carboxylic acid groups (broad SMARTS) is 1. The molecule has 1 amide bonds. The topological polar surface area (TPSA) is 79.5 Å². The van der Waals surface area contributed by atoms with Crippen molar-refractivity contribution in [2.24, 2.45) is 0 Å². The van der Waals surface area contributed by atoms with E-state index in [4.69, 9.17) is 9.52 Å².